The summed E-state index contributed by atoms with van der Waals surface area (Å²) in [5.41, 5.74) is 1.02. The highest BCUT2D eigenvalue weighted by molar-refractivity contribution is 5.96. The molecule has 1 unspecified atom stereocenters. The van der Waals surface area contributed by atoms with Gasteiger partial charge in [-0.1, -0.05) is 30.3 Å². The van der Waals surface area contributed by atoms with Crippen LogP contribution in [0.3, 0.4) is 0 Å². The second-order valence-electron chi connectivity index (χ2n) is 7.97. The molecule has 0 bridgehead atoms. The topological polar surface area (TPSA) is 106 Å². The van der Waals surface area contributed by atoms with Gasteiger partial charge in [0.05, 0.1) is 0 Å². The van der Waals surface area contributed by atoms with Gasteiger partial charge in [0.2, 0.25) is 5.91 Å². The van der Waals surface area contributed by atoms with E-state index in [4.69, 9.17) is 9.47 Å². The van der Waals surface area contributed by atoms with Crippen LogP contribution in [0.4, 0.5) is 5.69 Å². The Morgan fingerprint density at radius 2 is 1.68 bits per heavy atom. The molecule has 1 fully saturated rings. The Balaban J connectivity index is 1.18. The van der Waals surface area contributed by atoms with E-state index in [-0.39, 0.29) is 30.4 Å². The first kappa shape index (κ1) is 23.3. The molecule has 4 rings (SSSR count). The van der Waals surface area contributed by atoms with Crippen LogP contribution >= 0.6 is 0 Å². The standard InChI is InChI=1S/C26H27N3O5/c30-24(17-34-22-12-9-18-4-1-2-5-20(18)16-22)29-21-10-7-19(8-11-21)25(31)27-13-14-28-26(32)23-6-3-15-33-23/h1-2,4-5,7-12,16,23H,3,6,13-15,17H2,(H,27,31)(H,28,32)(H,29,30). The third-order valence-electron chi connectivity index (χ3n) is 5.45. The molecule has 1 aliphatic rings. The molecule has 3 amide bonds. The van der Waals surface area contributed by atoms with Gasteiger partial charge in [-0.05, 0) is 60.0 Å². The van der Waals surface area contributed by atoms with Gasteiger partial charge < -0.3 is 25.4 Å². The van der Waals surface area contributed by atoms with Crippen LogP contribution in [0.5, 0.6) is 5.75 Å². The van der Waals surface area contributed by atoms with Gasteiger partial charge in [-0.15, -0.1) is 0 Å². The SMILES string of the molecule is O=C(COc1ccc2ccccc2c1)Nc1ccc(C(=O)NCCNC(=O)C2CCCO2)cc1. The Bertz CT molecular complexity index is 1160. The van der Waals surface area contributed by atoms with Gasteiger partial charge in [-0.3, -0.25) is 14.4 Å². The van der Waals surface area contributed by atoms with Gasteiger partial charge in [-0.25, -0.2) is 0 Å². The van der Waals surface area contributed by atoms with Crippen LogP contribution in [0.2, 0.25) is 0 Å². The first-order valence-corrected chi connectivity index (χ1v) is 11.3. The van der Waals surface area contributed by atoms with Crippen molar-refractivity contribution >= 4 is 34.2 Å². The van der Waals surface area contributed by atoms with E-state index in [1.54, 1.807) is 24.3 Å². The molecule has 0 saturated carbocycles. The van der Waals surface area contributed by atoms with E-state index in [0.717, 1.165) is 23.6 Å². The molecular weight excluding hydrogens is 434 g/mol. The Morgan fingerprint density at radius 3 is 2.44 bits per heavy atom. The van der Waals surface area contributed by atoms with Crippen LogP contribution in [0.1, 0.15) is 23.2 Å². The van der Waals surface area contributed by atoms with Gasteiger partial charge in [0, 0.05) is 30.9 Å². The van der Waals surface area contributed by atoms with Crippen molar-refractivity contribution in [1.29, 1.82) is 0 Å². The fraction of sp³-hybridized carbons (Fsp3) is 0.269. The average Bonchev–Trinajstić information content (AvgIpc) is 3.41. The third-order valence-corrected chi connectivity index (χ3v) is 5.45. The van der Waals surface area contributed by atoms with E-state index >= 15 is 0 Å². The number of hydrogen-bond acceptors (Lipinski definition) is 5. The van der Waals surface area contributed by atoms with Crippen molar-refractivity contribution in [2.75, 3.05) is 31.6 Å². The van der Waals surface area contributed by atoms with Crippen LogP contribution in [-0.4, -0.2) is 50.1 Å². The van der Waals surface area contributed by atoms with E-state index in [2.05, 4.69) is 16.0 Å². The fourth-order valence-electron chi connectivity index (χ4n) is 3.67. The minimum absolute atomic E-state index is 0.127. The number of carbonyl (C=O) groups is 3. The van der Waals surface area contributed by atoms with Gasteiger partial charge in [0.15, 0.2) is 6.61 Å². The van der Waals surface area contributed by atoms with Gasteiger partial charge in [0.25, 0.3) is 11.8 Å². The zero-order chi connectivity index (χ0) is 23.8. The molecule has 1 heterocycles. The second kappa shape index (κ2) is 11.3. The molecule has 0 aliphatic carbocycles. The lowest BCUT2D eigenvalue weighted by atomic mass is 10.1. The molecule has 34 heavy (non-hydrogen) atoms. The molecule has 1 aliphatic heterocycles. The van der Waals surface area contributed by atoms with Crippen molar-refractivity contribution < 1.29 is 23.9 Å². The Hall–Kier alpha value is -3.91. The number of nitrogens with one attached hydrogen (secondary N) is 3. The summed E-state index contributed by atoms with van der Waals surface area (Å²) in [5, 5.41) is 10.4. The maximum absolute atomic E-state index is 12.3. The number of anilines is 1. The summed E-state index contributed by atoms with van der Waals surface area (Å²) in [7, 11) is 0. The molecule has 3 N–H and O–H groups in total. The smallest absolute Gasteiger partial charge is 0.262 e. The molecule has 0 aromatic heterocycles. The van der Waals surface area contributed by atoms with Crippen molar-refractivity contribution in [3.63, 3.8) is 0 Å². The maximum Gasteiger partial charge on any atom is 0.262 e. The van der Waals surface area contributed by atoms with Gasteiger partial charge >= 0.3 is 0 Å². The van der Waals surface area contributed by atoms with Crippen molar-refractivity contribution in [2.45, 2.75) is 18.9 Å². The highest BCUT2D eigenvalue weighted by Gasteiger charge is 2.22. The minimum atomic E-state index is -0.378. The number of benzene rings is 3. The maximum atomic E-state index is 12.3. The molecule has 1 saturated heterocycles. The molecule has 1 atom stereocenters. The van der Waals surface area contributed by atoms with E-state index < -0.39 is 0 Å². The predicted molar refractivity (Wildman–Crippen MR) is 129 cm³/mol. The lowest BCUT2D eigenvalue weighted by Crippen LogP contribution is -2.39. The van der Waals surface area contributed by atoms with Crippen LogP contribution in [-0.2, 0) is 14.3 Å². The average molecular weight is 462 g/mol. The molecule has 3 aromatic carbocycles. The van der Waals surface area contributed by atoms with Crippen molar-refractivity contribution in [3.05, 3.63) is 72.3 Å². The third kappa shape index (κ3) is 6.32. The van der Waals surface area contributed by atoms with Crippen molar-refractivity contribution in [2.24, 2.45) is 0 Å². The first-order valence-electron chi connectivity index (χ1n) is 11.3. The summed E-state index contributed by atoms with van der Waals surface area (Å²) in [6.07, 6.45) is 1.25. The minimum Gasteiger partial charge on any atom is -0.484 e. The van der Waals surface area contributed by atoms with Gasteiger partial charge in [-0.2, -0.15) is 0 Å². The van der Waals surface area contributed by atoms with E-state index in [1.807, 2.05) is 42.5 Å². The molecule has 0 radical (unpaired) electrons. The molecule has 8 nitrogen and oxygen atoms in total. The van der Waals surface area contributed by atoms with Crippen LogP contribution < -0.4 is 20.7 Å². The summed E-state index contributed by atoms with van der Waals surface area (Å²) in [4.78, 5) is 36.4. The zero-order valence-electron chi connectivity index (χ0n) is 18.7. The number of hydrogen-bond donors (Lipinski definition) is 3. The van der Waals surface area contributed by atoms with Crippen LogP contribution in [0.25, 0.3) is 10.8 Å². The number of amides is 3. The summed E-state index contributed by atoms with van der Waals surface area (Å²) in [5.74, 6) is -0.0829. The normalized spacial score (nSPS) is 15.0. The summed E-state index contributed by atoms with van der Waals surface area (Å²) < 4.78 is 10.9. The molecule has 3 aromatic rings. The lowest BCUT2D eigenvalue weighted by Gasteiger charge is -2.11. The quantitative estimate of drug-likeness (QED) is 0.425. The van der Waals surface area contributed by atoms with Crippen LogP contribution in [0, 0.1) is 0 Å². The number of carbonyl (C=O) groups excluding carboxylic acids is 3. The van der Waals surface area contributed by atoms with E-state index in [9.17, 15) is 14.4 Å². The highest BCUT2D eigenvalue weighted by atomic mass is 16.5. The van der Waals surface area contributed by atoms with Crippen molar-refractivity contribution in [1.82, 2.24) is 10.6 Å². The summed E-state index contributed by atoms with van der Waals surface area (Å²) in [6.45, 7) is 1.12. The Labute approximate surface area is 197 Å². The number of rotatable bonds is 9. The largest absolute Gasteiger partial charge is 0.484 e. The monoisotopic (exact) mass is 461 g/mol. The number of ether oxygens (including phenoxy) is 2. The van der Waals surface area contributed by atoms with E-state index in [0.29, 0.717) is 36.7 Å². The summed E-state index contributed by atoms with van der Waals surface area (Å²) >= 11 is 0. The van der Waals surface area contributed by atoms with Crippen molar-refractivity contribution in [3.8, 4) is 5.75 Å². The zero-order valence-corrected chi connectivity index (χ0v) is 18.7. The summed E-state index contributed by atoms with van der Waals surface area (Å²) in [6, 6.07) is 20.2. The predicted octanol–water partition coefficient (Wildman–Crippen LogP) is 2.88. The fourth-order valence-corrected chi connectivity index (χ4v) is 3.67. The first-order chi connectivity index (χ1) is 16.6. The molecule has 176 valence electrons. The lowest BCUT2D eigenvalue weighted by molar-refractivity contribution is -0.130. The van der Waals surface area contributed by atoms with Gasteiger partial charge in [0.1, 0.15) is 11.9 Å². The number of fused-ring (bicyclic) bond motifs is 1. The van der Waals surface area contributed by atoms with Crippen LogP contribution in [0.15, 0.2) is 66.7 Å². The second-order valence-corrected chi connectivity index (χ2v) is 7.97. The molecule has 0 spiro atoms. The Morgan fingerprint density at radius 1 is 0.912 bits per heavy atom. The van der Waals surface area contributed by atoms with E-state index in [1.165, 1.54) is 0 Å². The highest BCUT2D eigenvalue weighted by Crippen LogP contribution is 2.20. The molecular formula is C26H27N3O5. The Kier molecular flexibility index (Phi) is 7.72. The molecule has 8 heteroatoms.